The Hall–Kier alpha value is -2.08. The molecule has 0 spiro atoms. The van der Waals surface area contributed by atoms with Crippen LogP contribution in [0.25, 0.3) is 0 Å². The van der Waals surface area contributed by atoms with Crippen LogP contribution < -0.4 is 14.8 Å². The number of ether oxygens (including phenoxy) is 2. The highest BCUT2D eigenvalue weighted by molar-refractivity contribution is 5.32. The maximum absolute atomic E-state index is 5.66. The second-order valence-electron chi connectivity index (χ2n) is 4.28. The Morgan fingerprint density at radius 2 is 2.15 bits per heavy atom. The number of hydrogen-bond donors (Lipinski definition) is 1. The molecule has 0 fully saturated rings. The molecular weight excluding hydrogens is 256 g/mol. The monoisotopic (exact) mass is 276 g/mol. The number of rotatable bonds is 8. The fraction of sp³-hybridized carbons (Fsp3) is 0.429. The van der Waals surface area contributed by atoms with Gasteiger partial charge in [-0.25, -0.2) is 4.68 Å². The Morgan fingerprint density at radius 1 is 1.30 bits per heavy atom. The highest BCUT2D eigenvalue weighted by atomic mass is 16.5. The molecule has 108 valence electrons. The minimum absolute atomic E-state index is 0.539. The molecule has 2 rings (SSSR count). The van der Waals surface area contributed by atoms with E-state index >= 15 is 0 Å². The first-order chi connectivity index (χ1) is 9.81. The third kappa shape index (κ3) is 4.24. The van der Waals surface area contributed by atoms with E-state index in [-0.39, 0.29) is 0 Å². The fourth-order valence-electron chi connectivity index (χ4n) is 1.73. The molecule has 1 heterocycles. The number of hydrogen-bond acceptors (Lipinski definition) is 5. The van der Waals surface area contributed by atoms with E-state index in [9.17, 15) is 0 Å². The van der Waals surface area contributed by atoms with Gasteiger partial charge in [0.25, 0.3) is 0 Å². The molecule has 2 aromatic rings. The number of nitrogens with zero attached hydrogens (tertiary/aromatic N) is 3. The maximum Gasteiger partial charge on any atom is 0.123 e. The average Bonchev–Trinajstić information content (AvgIpc) is 2.93. The summed E-state index contributed by atoms with van der Waals surface area (Å²) in [4.78, 5) is 0. The van der Waals surface area contributed by atoms with Gasteiger partial charge in [-0.3, -0.25) is 0 Å². The largest absolute Gasteiger partial charge is 0.497 e. The second kappa shape index (κ2) is 7.49. The molecule has 6 nitrogen and oxygen atoms in total. The minimum atomic E-state index is 0.539. The lowest BCUT2D eigenvalue weighted by Gasteiger charge is -2.07. The Morgan fingerprint density at radius 3 is 2.95 bits per heavy atom. The predicted octanol–water partition coefficient (Wildman–Crippen LogP) is 1.48. The summed E-state index contributed by atoms with van der Waals surface area (Å²) in [5.41, 5.74) is 0.938. The summed E-state index contributed by atoms with van der Waals surface area (Å²) in [6, 6.07) is 7.55. The van der Waals surface area contributed by atoms with E-state index in [4.69, 9.17) is 9.47 Å². The van der Waals surface area contributed by atoms with E-state index < -0.39 is 0 Å². The molecule has 0 aliphatic rings. The van der Waals surface area contributed by atoms with Crippen molar-refractivity contribution in [3.8, 4) is 11.5 Å². The summed E-state index contributed by atoms with van der Waals surface area (Å²) in [7, 11) is 1.64. The minimum Gasteiger partial charge on any atom is -0.497 e. The molecule has 1 aromatic carbocycles. The van der Waals surface area contributed by atoms with Crippen molar-refractivity contribution >= 4 is 0 Å². The van der Waals surface area contributed by atoms with Crippen molar-refractivity contribution in [3.05, 3.63) is 36.2 Å². The van der Waals surface area contributed by atoms with Crippen molar-refractivity contribution in [2.45, 2.75) is 20.0 Å². The van der Waals surface area contributed by atoms with E-state index in [2.05, 4.69) is 22.6 Å². The van der Waals surface area contributed by atoms with Crippen molar-refractivity contribution in [2.24, 2.45) is 0 Å². The van der Waals surface area contributed by atoms with Crippen LogP contribution in [0, 0.1) is 0 Å². The van der Waals surface area contributed by atoms with Crippen molar-refractivity contribution in [3.63, 3.8) is 0 Å². The summed E-state index contributed by atoms with van der Waals surface area (Å²) < 4.78 is 12.6. The normalized spacial score (nSPS) is 10.5. The van der Waals surface area contributed by atoms with E-state index in [1.807, 2.05) is 30.5 Å². The van der Waals surface area contributed by atoms with Gasteiger partial charge in [-0.15, -0.1) is 5.10 Å². The van der Waals surface area contributed by atoms with Crippen LogP contribution in [0.2, 0.25) is 0 Å². The van der Waals surface area contributed by atoms with Crippen molar-refractivity contribution in [1.29, 1.82) is 0 Å². The van der Waals surface area contributed by atoms with Crippen molar-refractivity contribution in [1.82, 2.24) is 20.3 Å². The van der Waals surface area contributed by atoms with Gasteiger partial charge in [0.1, 0.15) is 18.1 Å². The zero-order valence-electron chi connectivity index (χ0n) is 11.9. The number of methoxy groups -OCH3 is 1. The first kappa shape index (κ1) is 14.3. The van der Waals surface area contributed by atoms with Gasteiger partial charge >= 0.3 is 0 Å². The quantitative estimate of drug-likeness (QED) is 0.791. The lowest BCUT2D eigenvalue weighted by molar-refractivity contribution is 0.288. The smallest absolute Gasteiger partial charge is 0.123 e. The third-order valence-electron chi connectivity index (χ3n) is 2.77. The lowest BCUT2D eigenvalue weighted by atomic mass is 10.3. The molecule has 0 bridgehead atoms. The standard InChI is InChI=1S/C14H20N4O2/c1-3-15-10-12-11-18(17-16-12)7-8-20-14-6-4-5-13(9-14)19-2/h4-6,9,11,15H,3,7-8,10H2,1-2H3. The fourth-order valence-corrected chi connectivity index (χ4v) is 1.73. The average molecular weight is 276 g/mol. The Balaban J connectivity index is 1.78. The molecule has 0 saturated heterocycles. The first-order valence-corrected chi connectivity index (χ1v) is 6.68. The van der Waals surface area contributed by atoms with E-state index in [0.29, 0.717) is 13.2 Å². The summed E-state index contributed by atoms with van der Waals surface area (Å²) in [6.07, 6.45) is 1.93. The maximum atomic E-state index is 5.66. The van der Waals surface area contributed by atoms with Gasteiger partial charge in [-0.2, -0.15) is 0 Å². The molecule has 0 saturated carbocycles. The van der Waals surface area contributed by atoms with E-state index in [1.165, 1.54) is 0 Å². The van der Waals surface area contributed by atoms with Gasteiger partial charge in [0.2, 0.25) is 0 Å². The predicted molar refractivity (Wildman–Crippen MR) is 75.9 cm³/mol. The van der Waals surface area contributed by atoms with Crippen molar-refractivity contribution in [2.75, 3.05) is 20.3 Å². The summed E-state index contributed by atoms with van der Waals surface area (Å²) in [6.45, 7) is 4.93. The third-order valence-corrected chi connectivity index (χ3v) is 2.77. The van der Waals surface area contributed by atoms with Crippen LogP contribution in [0.3, 0.4) is 0 Å². The molecule has 0 aliphatic carbocycles. The van der Waals surface area contributed by atoms with Crippen LogP contribution >= 0.6 is 0 Å². The lowest BCUT2D eigenvalue weighted by Crippen LogP contribution is -2.12. The van der Waals surface area contributed by atoms with Crippen LogP contribution in [-0.4, -0.2) is 35.3 Å². The molecule has 6 heteroatoms. The molecule has 0 radical (unpaired) electrons. The number of aromatic nitrogens is 3. The van der Waals surface area contributed by atoms with Crippen LogP contribution in [-0.2, 0) is 13.1 Å². The van der Waals surface area contributed by atoms with E-state index in [0.717, 1.165) is 30.3 Å². The van der Waals surface area contributed by atoms with Crippen molar-refractivity contribution < 1.29 is 9.47 Å². The summed E-state index contributed by atoms with van der Waals surface area (Å²) in [5.74, 6) is 1.58. The highest BCUT2D eigenvalue weighted by Gasteiger charge is 2.01. The summed E-state index contributed by atoms with van der Waals surface area (Å²) >= 11 is 0. The molecular formula is C14H20N4O2. The molecule has 1 aromatic heterocycles. The highest BCUT2D eigenvalue weighted by Crippen LogP contribution is 2.18. The SMILES string of the molecule is CCNCc1cn(CCOc2cccc(OC)c2)nn1. The Labute approximate surface area is 118 Å². The second-order valence-corrected chi connectivity index (χ2v) is 4.28. The van der Waals surface area contributed by atoms with E-state index in [1.54, 1.807) is 11.8 Å². The molecule has 0 amide bonds. The van der Waals surface area contributed by atoms with Gasteiger partial charge < -0.3 is 14.8 Å². The topological polar surface area (TPSA) is 61.2 Å². The number of nitrogens with one attached hydrogen (secondary N) is 1. The van der Waals surface area contributed by atoms with Crippen LogP contribution in [0.15, 0.2) is 30.5 Å². The zero-order chi connectivity index (χ0) is 14.2. The zero-order valence-corrected chi connectivity index (χ0v) is 11.9. The summed E-state index contributed by atoms with van der Waals surface area (Å²) in [5, 5.41) is 11.3. The molecule has 0 aliphatic heterocycles. The van der Waals surface area contributed by atoms with Crippen LogP contribution in [0.4, 0.5) is 0 Å². The first-order valence-electron chi connectivity index (χ1n) is 6.68. The Bertz CT molecular complexity index is 527. The van der Waals surface area contributed by atoms with Gasteiger partial charge in [-0.1, -0.05) is 18.2 Å². The Kier molecular flexibility index (Phi) is 5.37. The number of benzene rings is 1. The molecule has 20 heavy (non-hydrogen) atoms. The molecule has 0 unspecified atom stereocenters. The van der Waals surface area contributed by atoms with Crippen LogP contribution in [0.5, 0.6) is 11.5 Å². The van der Waals surface area contributed by atoms with Crippen LogP contribution in [0.1, 0.15) is 12.6 Å². The van der Waals surface area contributed by atoms with Gasteiger partial charge in [0.05, 0.1) is 19.3 Å². The molecule has 1 N–H and O–H groups in total. The van der Waals surface area contributed by atoms with Gasteiger partial charge in [0.15, 0.2) is 0 Å². The van der Waals surface area contributed by atoms with Gasteiger partial charge in [0, 0.05) is 18.8 Å². The molecule has 0 atom stereocenters. The van der Waals surface area contributed by atoms with Gasteiger partial charge in [-0.05, 0) is 18.7 Å².